The predicted molar refractivity (Wildman–Crippen MR) is 66.0 cm³/mol. The lowest BCUT2D eigenvalue weighted by Crippen LogP contribution is -2.05. The number of alkyl halides is 1. The summed E-state index contributed by atoms with van der Waals surface area (Å²) in [6, 6.07) is 4.03. The van der Waals surface area contributed by atoms with Crippen LogP contribution in [0.15, 0.2) is 12.1 Å². The molecular formula is C11H13BrN4. The van der Waals surface area contributed by atoms with Gasteiger partial charge >= 0.3 is 0 Å². The molecule has 0 unspecified atom stereocenters. The van der Waals surface area contributed by atoms with Gasteiger partial charge in [0.1, 0.15) is 0 Å². The van der Waals surface area contributed by atoms with E-state index >= 15 is 0 Å². The summed E-state index contributed by atoms with van der Waals surface area (Å²) in [4.78, 5) is 0. The molecule has 0 N–H and O–H groups in total. The number of hydrogen-bond acceptors (Lipinski definition) is 3. The van der Waals surface area contributed by atoms with Crippen LogP contribution in [0.25, 0.3) is 5.82 Å². The molecule has 0 fully saturated rings. The third-order valence-corrected chi connectivity index (χ3v) is 2.96. The summed E-state index contributed by atoms with van der Waals surface area (Å²) in [5.41, 5.74) is 4.14. The molecule has 2 aromatic heterocycles. The van der Waals surface area contributed by atoms with Crippen LogP contribution in [0.2, 0.25) is 0 Å². The number of aromatic nitrogens is 4. The summed E-state index contributed by atoms with van der Waals surface area (Å²) in [7, 11) is 0. The van der Waals surface area contributed by atoms with Crippen LogP contribution in [0, 0.1) is 20.8 Å². The lowest BCUT2D eigenvalue weighted by Gasteiger charge is -2.05. The minimum atomic E-state index is 0.725. The van der Waals surface area contributed by atoms with Gasteiger partial charge in [0.2, 0.25) is 0 Å². The van der Waals surface area contributed by atoms with Crippen LogP contribution in [0.1, 0.15) is 22.6 Å². The van der Waals surface area contributed by atoms with Crippen LogP contribution in [0.5, 0.6) is 0 Å². The molecule has 2 aromatic rings. The number of halogens is 1. The van der Waals surface area contributed by atoms with Crippen LogP contribution < -0.4 is 0 Å². The zero-order chi connectivity index (χ0) is 11.7. The average Bonchev–Trinajstić information content (AvgIpc) is 2.58. The highest BCUT2D eigenvalue weighted by Crippen LogP contribution is 2.13. The quantitative estimate of drug-likeness (QED) is 0.794. The summed E-state index contributed by atoms with van der Waals surface area (Å²) < 4.78 is 1.81. The lowest BCUT2D eigenvalue weighted by atomic mass is 10.2. The van der Waals surface area contributed by atoms with Crippen molar-refractivity contribution in [1.29, 1.82) is 0 Å². The fourth-order valence-corrected chi connectivity index (χ4v) is 2.15. The molecule has 4 nitrogen and oxygen atoms in total. The van der Waals surface area contributed by atoms with Crippen molar-refractivity contribution in [3.05, 3.63) is 34.8 Å². The van der Waals surface area contributed by atoms with E-state index in [2.05, 4.69) is 31.2 Å². The van der Waals surface area contributed by atoms with Crippen molar-refractivity contribution in [3.8, 4) is 5.82 Å². The Kier molecular flexibility index (Phi) is 3.05. The highest BCUT2D eigenvalue weighted by Gasteiger charge is 2.07. The summed E-state index contributed by atoms with van der Waals surface area (Å²) in [6.07, 6.45) is 0. The van der Waals surface area contributed by atoms with Gasteiger partial charge in [-0.25, -0.2) is 4.68 Å². The molecule has 0 aromatic carbocycles. The summed E-state index contributed by atoms with van der Waals surface area (Å²) in [6.45, 7) is 6.01. The van der Waals surface area contributed by atoms with Gasteiger partial charge in [0.05, 0.1) is 11.4 Å². The second-order valence-electron chi connectivity index (χ2n) is 3.80. The first kappa shape index (κ1) is 11.3. The summed E-state index contributed by atoms with van der Waals surface area (Å²) >= 11 is 3.38. The Labute approximate surface area is 103 Å². The minimum absolute atomic E-state index is 0.725. The largest absolute Gasteiger partial charge is 0.218 e. The summed E-state index contributed by atoms with van der Waals surface area (Å²) in [5.74, 6) is 0.771. The molecule has 0 saturated carbocycles. The van der Waals surface area contributed by atoms with E-state index in [0.717, 1.165) is 33.8 Å². The van der Waals surface area contributed by atoms with Gasteiger partial charge in [0.25, 0.3) is 0 Å². The monoisotopic (exact) mass is 280 g/mol. The van der Waals surface area contributed by atoms with Gasteiger partial charge in [-0.1, -0.05) is 15.9 Å². The topological polar surface area (TPSA) is 43.6 Å². The first-order chi connectivity index (χ1) is 7.61. The van der Waals surface area contributed by atoms with Gasteiger partial charge in [0.15, 0.2) is 5.82 Å². The Balaban J connectivity index is 2.49. The fraction of sp³-hybridized carbons (Fsp3) is 0.364. The van der Waals surface area contributed by atoms with Crippen molar-refractivity contribution in [2.45, 2.75) is 26.1 Å². The maximum atomic E-state index is 4.38. The van der Waals surface area contributed by atoms with Gasteiger partial charge in [-0.3, -0.25) is 0 Å². The van der Waals surface area contributed by atoms with Crippen LogP contribution in [0.4, 0.5) is 0 Å². The van der Waals surface area contributed by atoms with Crippen molar-refractivity contribution < 1.29 is 0 Å². The van der Waals surface area contributed by atoms with E-state index in [4.69, 9.17) is 0 Å². The van der Waals surface area contributed by atoms with Gasteiger partial charge in [0, 0.05) is 11.0 Å². The average molecular weight is 281 g/mol. The van der Waals surface area contributed by atoms with E-state index in [1.807, 2.05) is 37.6 Å². The van der Waals surface area contributed by atoms with Gasteiger partial charge in [-0.15, -0.1) is 5.10 Å². The highest BCUT2D eigenvalue weighted by atomic mass is 79.9. The third kappa shape index (κ3) is 2.00. The van der Waals surface area contributed by atoms with E-state index in [-0.39, 0.29) is 0 Å². The van der Waals surface area contributed by atoms with Crippen molar-refractivity contribution in [2.75, 3.05) is 0 Å². The van der Waals surface area contributed by atoms with Crippen LogP contribution in [0.3, 0.4) is 0 Å². The Morgan fingerprint density at radius 3 is 2.44 bits per heavy atom. The molecule has 2 rings (SSSR count). The van der Waals surface area contributed by atoms with Crippen molar-refractivity contribution in [2.24, 2.45) is 0 Å². The number of nitrogens with zero attached hydrogens (tertiary/aromatic N) is 4. The summed E-state index contributed by atoms with van der Waals surface area (Å²) in [5, 5.41) is 13.4. The second kappa shape index (κ2) is 4.33. The molecule has 0 radical (unpaired) electrons. The van der Waals surface area contributed by atoms with Crippen molar-refractivity contribution in [1.82, 2.24) is 20.0 Å². The van der Waals surface area contributed by atoms with Gasteiger partial charge in [-0.2, -0.15) is 10.2 Å². The van der Waals surface area contributed by atoms with Crippen LogP contribution >= 0.6 is 15.9 Å². The Bertz CT molecular complexity index is 519. The van der Waals surface area contributed by atoms with Gasteiger partial charge in [-0.05, 0) is 38.5 Å². The first-order valence-corrected chi connectivity index (χ1v) is 6.17. The number of rotatable bonds is 2. The molecule has 5 heteroatoms. The molecular weight excluding hydrogens is 268 g/mol. The molecule has 0 amide bonds. The Morgan fingerprint density at radius 2 is 1.94 bits per heavy atom. The lowest BCUT2D eigenvalue weighted by molar-refractivity contribution is 0.771. The fourth-order valence-electron chi connectivity index (χ4n) is 1.59. The minimum Gasteiger partial charge on any atom is -0.218 e. The highest BCUT2D eigenvalue weighted by molar-refractivity contribution is 9.08. The Morgan fingerprint density at radius 1 is 1.19 bits per heavy atom. The molecule has 0 saturated heterocycles. The molecule has 0 spiro atoms. The first-order valence-electron chi connectivity index (χ1n) is 5.04. The molecule has 2 heterocycles. The van der Waals surface area contributed by atoms with Crippen LogP contribution in [-0.2, 0) is 5.33 Å². The number of aryl methyl sites for hydroxylation is 3. The van der Waals surface area contributed by atoms with Crippen molar-refractivity contribution in [3.63, 3.8) is 0 Å². The smallest absolute Gasteiger partial charge is 0.176 e. The van der Waals surface area contributed by atoms with E-state index in [0.29, 0.717) is 0 Å². The second-order valence-corrected chi connectivity index (χ2v) is 4.37. The van der Waals surface area contributed by atoms with E-state index in [1.165, 1.54) is 0 Å². The van der Waals surface area contributed by atoms with E-state index in [1.54, 1.807) is 0 Å². The molecule has 0 aliphatic heterocycles. The maximum Gasteiger partial charge on any atom is 0.176 e. The molecule has 0 aliphatic carbocycles. The molecule has 16 heavy (non-hydrogen) atoms. The normalized spacial score (nSPS) is 10.8. The molecule has 0 bridgehead atoms. The SMILES string of the molecule is Cc1cc(C)n(-c2cc(C)c(CBr)nn2)n1. The number of hydrogen-bond donors (Lipinski definition) is 0. The van der Waals surface area contributed by atoms with E-state index < -0.39 is 0 Å². The van der Waals surface area contributed by atoms with E-state index in [9.17, 15) is 0 Å². The maximum absolute atomic E-state index is 4.38. The predicted octanol–water partition coefficient (Wildman–Crippen LogP) is 2.48. The molecule has 0 atom stereocenters. The third-order valence-electron chi connectivity index (χ3n) is 2.43. The zero-order valence-corrected chi connectivity index (χ0v) is 11.1. The van der Waals surface area contributed by atoms with Crippen LogP contribution in [-0.4, -0.2) is 20.0 Å². The Hall–Kier alpha value is -1.23. The molecule has 0 aliphatic rings. The van der Waals surface area contributed by atoms with Gasteiger partial charge < -0.3 is 0 Å². The van der Waals surface area contributed by atoms with Crippen molar-refractivity contribution >= 4 is 15.9 Å². The zero-order valence-electron chi connectivity index (χ0n) is 9.53. The molecule has 84 valence electrons. The standard InChI is InChI=1S/C11H13BrN4/c1-7-4-11(14-13-10(7)6-12)16-9(3)5-8(2)15-16/h4-5H,6H2,1-3H3.